The molecular formula is C22H23N3O4. The number of para-hydroxylation sites is 2. The van der Waals surface area contributed by atoms with E-state index in [0.717, 1.165) is 42.6 Å². The van der Waals surface area contributed by atoms with E-state index in [-0.39, 0.29) is 17.4 Å². The maximum atomic E-state index is 12.5. The fourth-order valence-electron chi connectivity index (χ4n) is 3.62. The number of carbonyl (C=O) groups is 2. The van der Waals surface area contributed by atoms with Crippen molar-refractivity contribution >= 4 is 29.0 Å². The summed E-state index contributed by atoms with van der Waals surface area (Å²) in [6.45, 7) is 2.01. The number of carboxylic acids is 1. The van der Waals surface area contributed by atoms with Gasteiger partial charge in [-0.2, -0.15) is 4.98 Å². The van der Waals surface area contributed by atoms with Gasteiger partial charge in [0.15, 0.2) is 5.58 Å². The first kappa shape index (κ1) is 19.0. The summed E-state index contributed by atoms with van der Waals surface area (Å²) in [6.07, 6.45) is 2.20. The first-order valence-electron chi connectivity index (χ1n) is 9.80. The standard InChI is InChI=1S/C22H23N3O4/c26-20(23-12-9-15-5-7-17(8-6-15)21(27)28)16-10-13-25(14-11-16)22-24-18-3-1-2-4-19(18)29-22/h1-8,16H,9-14H2,(H,23,26)(H,27,28). The Morgan fingerprint density at radius 3 is 2.52 bits per heavy atom. The number of aromatic carboxylic acids is 1. The monoisotopic (exact) mass is 393 g/mol. The third-order valence-corrected chi connectivity index (χ3v) is 5.33. The molecule has 0 radical (unpaired) electrons. The van der Waals surface area contributed by atoms with Gasteiger partial charge < -0.3 is 19.7 Å². The van der Waals surface area contributed by atoms with Gasteiger partial charge in [-0.3, -0.25) is 4.79 Å². The van der Waals surface area contributed by atoms with Crippen LogP contribution in [-0.2, 0) is 11.2 Å². The second kappa shape index (κ2) is 8.34. The first-order chi connectivity index (χ1) is 14.1. The molecule has 1 aliphatic rings. The summed E-state index contributed by atoms with van der Waals surface area (Å²) < 4.78 is 5.82. The molecule has 0 saturated carbocycles. The highest BCUT2D eigenvalue weighted by molar-refractivity contribution is 5.87. The molecule has 0 spiro atoms. The first-order valence-corrected chi connectivity index (χ1v) is 9.80. The maximum absolute atomic E-state index is 12.5. The number of amides is 1. The molecule has 2 N–H and O–H groups in total. The molecule has 7 nitrogen and oxygen atoms in total. The number of piperidine rings is 1. The lowest BCUT2D eigenvalue weighted by Gasteiger charge is -2.30. The van der Waals surface area contributed by atoms with E-state index in [0.29, 0.717) is 19.0 Å². The molecule has 1 saturated heterocycles. The molecule has 0 atom stereocenters. The number of nitrogens with zero attached hydrogens (tertiary/aromatic N) is 2. The summed E-state index contributed by atoms with van der Waals surface area (Å²) in [5, 5.41) is 11.9. The van der Waals surface area contributed by atoms with Crippen LogP contribution in [-0.4, -0.2) is 41.6 Å². The van der Waals surface area contributed by atoms with Crippen molar-refractivity contribution in [3.8, 4) is 0 Å². The lowest BCUT2D eigenvalue weighted by atomic mass is 9.96. The van der Waals surface area contributed by atoms with E-state index in [1.807, 2.05) is 24.3 Å². The molecule has 150 valence electrons. The van der Waals surface area contributed by atoms with Crippen molar-refractivity contribution < 1.29 is 19.1 Å². The van der Waals surface area contributed by atoms with Gasteiger partial charge in [0.25, 0.3) is 6.01 Å². The van der Waals surface area contributed by atoms with Crippen molar-refractivity contribution in [2.24, 2.45) is 5.92 Å². The lowest BCUT2D eigenvalue weighted by Crippen LogP contribution is -2.41. The molecule has 0 bridgehead atoms. The molecule has 4 rings (SSSR count). The number of fused-ring (bicyclic) bond motifs is 1. The Labute approximate surface area is 168 Å². The number of benzene rings is 2. The van der Waals surface area contributed by atoms with Gasteiger partial charge in [0.2, 0.25) is 5.91 Å². The quantitative estimate of drug-likeness (QED) is 0.668. The Bertz CT molecular complexity index is 971. The number of oxazole rings is 1. The van der Waals surface area contributed by atoms with Crippen LogP contribution in [0, 0.1) is 5.92 Å². The van der Waals surface area contributed by atoms with E-state index in [2.05, 4.69) is 15.2 Å². The van der Waals surface area contributed by atoms with E-state index in [4.69, 9.17) is 9.52 Å². The summed E-state index contributed by atoms with van der Waals surface area (Å²) in [5.74, 6) is -0.872. The number of rotatable bonds is 6. The summed E-state index contributed by atoms with van der Waals surface area (Å²) in [6, 6.07) is 15.1. The minimum atomic E-state index is -0.936. The van der Waals surface area contributed by atoms with E-state index >= 15 is 0 Å². The molecule has 3 aromatic rings. The van der Waals surface area contributed by atoms with Gasteiger partial charge in [-0.15, -0.1) is 0 Å². The molecule has 0 unspecified atom stereocenters. The van der Waals surface area contributed by atoms with Crippen LogP contribution >= 0.6 is 0 Å². The predicted octanol–water partition coefficient (Wildman–Crippen LogP) is 3.10. The van der Waals surface area contributed by atoms with Gasteiger partial charge in [0.05, 0.1) is 5.56 Å². The van der Waals surface area contributed by atoms with Crippen molar-refractivity contribution in [2.75, 3.05) is 24.5 Å². The van der Waals surface area contributed by atoms with Crippen LogP contribution in [0.1, 0.15) is 28.8 Å². The van der Waals surface area contributed by atoms with Crippen molar-refractivity contribution in [3.05, 3.63) is 59.7 Å². The van der Waals surface area contributed by atoms with Crippen LogP contribution < -0.4 is 10.2 Å². The summed E-state index contributed by atoms with van der Waals surface area (Å²) >= 11 is 0. The summed E-state index contributed by atoms with van der Waals surface area (Å²) in [4.78, 5) is 30.0. The minimum Gasteiger partial charge on any atom is -0.478 e. The van der Waals surface area contributed by atoms with E-state index in [1.54, 1.807) is 24.3 Å². The Kier molecular flexibility index (Phi) is 5.46. The lowest BCUT2D eigenvalue weighted by molar-refractivity contribution is -0.125. The molecule has 1 aromatic heterocycles. The zero-order chi connectivity index (χ0) is 20.2. The Morgan fingerprint density at radius 1 is 1.10 bits per heavy atom. The van der Waals surface area contributed by atoms with Crippen LogP contribution in [0.5, 0.6) is 0 Å². The van der Waals surface area contributed by atoms with Crippen molar-refractivity contribution in [1.29, 1.82) is 0 Å². The third kappa shape index (κ3) is 4.39. The normalized spacial score (nSPS) is 14.8. The van der Waals surface area contributed by atoms with Crippen LogP contribution in [0.25, 0.3) is 11.1 Å². The Balaban J connectivity index is 1.24. The largest absolute Gasteiger partial charge is 0.478 e. The number of hydrogen-bond donors (Lipinski definition) is 2. The molecule has 2 heterocycles. The average Bonchev–Trinajstić information content (AvgIpc) is 3.18. The molecular weight excluding hydrogens is 370 g/mol. The van der Waals surface area contributed by atoms with Crippen LogP contribution in [0.15, 0.2) is 52.9 Å². The highest BCUT2D eigenvalue weighted by Crippen LogP contribution is 2.26. The average molecular weight is 393 g/mol. The van der Waals surface area contributed by atoms with Gasteiger partial charge in [-0.1, -0.05) is 24.3 Å². The van der Waals surface area contributed by atoms with Crippen molar-refractivity contribution in [3.63, 3.8) is 0 Å². The van der Waals surface area contributed by atoms with Gasteiger partial charge in [0.1, 0.15) is 5.52 Å². The number of carboxylic acid groups (broad SMARTS) is 1. The SMILES string of the molecule is O=C(O)c1ccc(CCNC(=O)C2CCN(c3nc4ccccc4o3)CC2)cc1. The fraction of sp³-hybridized carbons (Fsp3) is 0.318. The zero-order valence-electron chi connectivity index (χ0n) is 16.0. The van der Waals surface area contributed by atoms with Crippen molar-refractivity contribution in [2.45, 2.75) is 19.3 Å². The molecule has 1 fully saturated rings. The maximum Gasteiger partial charge on any atom is 0.335 e. The molecule has 1 aliphatic heterocycles. The minimum absolute atomic E-state index is 0.00925. The topological polar surface area (TPSA) is 95.7 Å². The second-order valence-corrected chi connectivity index (χ2v) is 7.27. The predicted molar refractivity (Wildman–Crippen MR) is 109 cm³/mol. The fourth-order valence-corrected chi connectivity index (χ4v) is 3.62. The number of hydrogen-bond acceptors (Lipinski definition) is 5. The molecule has 1 amide bonds. The highest BCUT2D eigenvalue weighted by Gasteiger charge is 2.27. The van der Waals surface area contributed by atoms with E-state index in [9.17, 15) is 9.59 Å². The Hall–Kier alpha value is -3.35. The number of carbonyl (C=O) groups excluding carboxylic acids is 1. The number of nitrogens with one attached hydrogen (secondary N) is 1. The van der Waals surface area contributed by atoms with E-state index < -0.39 is 5.97 Å². The molecule has 0 aliphatic carbocycles. The third-order valence-electron chi connectivity index (χ3n) is 5.33. The molecule has 29 heavy (non-hydrogen) atoms. The summed E-state index contributed by atoms with van der Waals surface area (Å²) in [5.41, 5.74) is 2.89. The number of anilines is 1. The molecule has 2 aromatic carbocycles. The van der Waals surface area contributed by atoms with Gasteiger partial charge >= 0.3 is 5.97 Å². The highest BCUT2D eigenvalue weighted by atomic mass is 16.4. The zero-order valence-corrected chi connectivity index (χ0v) is 16.0. The van der Waals surface area contributed by atoms with Gasteiger partial charge in [-0.05, 0) is 49.1 Å². The van der Waals surface area contributed by atoms with Crippen molar-refractivity contribution in [1.82, 2.24) is 10.3 Å². The number of aromatic nitrogens is 1. The second-order valence-electron chi connectivity index (χ2n) is 7.27. The van der Waals surface area contributed by atoms with Crippen LogP contribution in [0.2, 0.25) is 0 Å². The Morgan fingerprint density at radius 2 is 1.83 bits per heavy atom. The van der Waals surface area contributed by atoms with Gasteiger partial charge in [-0.25, -0.2) is 4.79 Å². The summed E-state index contributed by atoms with van der Waals surface area (Å²) in [7, 11) is 0. The van der Waals surface area contributed by atoms with Crippen LogP contribution in [0.4, 0.5) is 6.01 Å². The van der Waals surface area contributed by atoms with E-state index in [1.165, 1.54) is 0 Å². The molecule has 7 heteroatoms. The smallest absolute Gasteiger partial charge is 0.335 e. The van der Waals surface area contributed by atoms with Crippen LogP contribution in [0.3, 0.4) is 0 Å². The van der Waals surface area contributed by atoms with Gasteiger partial charge in [0, 0.05) is 25.6 Å².